The van der Waals surface area contributed by atoms with Crippen LogP contribution < -0.4 is 0 Å². The van der Waals surface area contributed by atoms with Gasteiger partial charge in [0.1, 0.15) is 11.5 Å². The Kier molecular flexibility index (Phi) is 3.95. The van der Waals surface area contributed by atoms with E-state index in [4.69, 9.17) is 0 Å². The first kappa shape index (κ1) is 17.3. The van der Waals surface area contributed by atoms with Crippen molar-refractivity contribution in [3.05, 3.63) is 117 Å². The summed E-state index contributed by atoms with van der Waals surface area (Å²) in [5.41, 5.74) is 6.54. The average Bonchev–Trinajstić information content (AvgIpc) is 3.00. The molecule has 0 aliphatic heterocycles. The van der Waals surface area contributed by atoms with Crippen LogP contribution in [-0.4, -0.2) is 10.2 Å². The standard InChI is InChI=1S/C25H17IO2/c26-18-9-14-24-22(15-18)21-3-1-2-4-23(21)25(24,16-5-10-19(27)11-6-16)17-7-12-20(28)13-8-17/h1-15,27-28H. The van der Waals surface area contributed by atoms with Gasteiger partial charge in [-0.1, -0.05) is 54.6 Å². The Balaban J connectivity index is 1.95. The molecule has 4 aromatic rings. The number of phenolic OH excluding ortho intramolecular Hbond substituents is 2. The molecule has 0 bridgehead atoms. The fourth-order valence-electron chi connectivity index (χ4n) is 4.47. The second kappa shape index (κ2) is 6.38. The van der Waals surface area contributed by atoms with Crippen molar-refractivity contribution < 1.29 is 10.2 Å². The van der Waals surface area contributed by atoms with Gasteiger partial charge in [-0.25, -0.2) is 0 Å². The van der Waals surface area contributed by atoms with E-state index in [2.05, 4.69) is 65.1 Å². The molecule has 4 aromatic carbocycles. The second-order valence-corrected chi connectivity index (χ2v) is 8.32. The molecule has 0 heterocycles. The lowest BCUT2D eigenvalue weighted by Crippen LogP contribution is -2.28. The van der Waals surface area contributed by atoms with Crippen LogP contribution in [0, 0.1) is 3.57 Å². The van der Waals surface area contributed by atoms with Crippen LogP contribution in [0.2, 0.25) is 0 Å². The molecule has 0 radical (unpaired) electrons. The zero-order valence-corrected chi connectivity index (χ0v) is 17.1. The van der Waals surface area contributed by atoms with Crippen molar-refractivity contribution in [1.29, 1.82) is 0 Å². The molecule has 1 aliphatic carbocycles. The Morgan fingerprint density at radius 2 is 1.11 bits per heavy atom. The van der Waals surface area contributed by atoms with Crippen LogP contribution in [0.15, 0.2) is 91.0 Å². The van der Waals surface area contributed by atoms with Gasteiger partial charge in [0.15, 0.2) is 0 Å². The summed E-state index contributed by atoms with van der Waals surface area (Å²) < 4.78 is 1.19. The third-order valence-electron chi connectivity index (χ3n) is 5.61. The van der Waals surface area contributed by atoms with Crippen molar-refractivity contribution in [2.24, 2.45) is 0 Å². The normalized spacial score (nSPS) is 13.8. The predicted octanol–water partition coefficient (Wildman–Crippen LogP) is 6.07. The quantitative estimate of drug-likeness (QED) is 0.304. The summed E-state index contributed by atoms with van der Waals surface area (Å²) in [6, 6.07) is 30.0. The van der Waals surface area contributed by atoms with E-state index in [1.165, 1.54) is 25.8 Å². The molecule has 0 spiro atoms. The van der Waals surface area contributed by atoms with Crippen molar-refractivity contribution in [2.75, 3.05) is 0 Å². The van der Waals surface area contributed by atoms with E-state index in [0.29, 0.717) is 0 Å². The van der Waals surface area contributed by atoms with Gasteiger partial charge in [0.25, 0.3) is 0 Å². The van der Waals surface area contributed by atoms with E-state index >= 15 is 0 Å². The number of rotatable bonds is 2. The Labute approximate surface area is 177 Å². The molecule has 0 saturated heterocycles. The maximum absolute atomic E-state index is 9.88. The lowest BCUT2D eigenvalue weighted by atomic mass is 9.68. The minimum absolute atomic E-state index is 0.249. The van der Waals surface area contributed by atoms with Crippen LogP contribution in [0.5, 0.6) is 11.5 Å². The van der Waals surface area contributed by atoms with E-state index in [1.807, 2.05) is 24.3 Å². The molecule has 0 aromatic heterocycles. The summed E-state index contributed by atoms with van der Waals surface area (Å²) in [5, 5.41) is 19.8. The zero-order chi connectivity index (χ0) is 19.3. The molecule has 5 rings (SSSR count). The van der Waals surface area contributed by atoms with E-state index in [1.54, 1.807) is 24.3 Å². The van der Waals surface area contributed by atoms with Gasteiger partial charge >= 0.3 is 0 Å². The SMILES string of the molecule is Oc1ccc(C2(c3ccc(O)cc3)c3ccccc3-c3cc(I)ccc32)cc1. The van der Waals surface area contributed by atoms with Gasteiger partial charge in [0, 0.05) is 3.57 Å². The van der Waals surface area contributed by atoms with Crippen molar-refractivity contribution in [2.45, 2.75) is 5.41 Å². The summed E-state index contributed by atoms with van der Waals surface area (Å²) in [7, 11) is 0. The third kappa shape index (κ3) is 2.39. The Morgan fingerprint density at radius 3 is 1.71 bits per heavy atom. The smallest absolute Gasteiger partial charge is 0.115 e. The van der Waals surface area contributed by atoms with E-state index in [9.17, 15) is 10.2 Å². The topological polar surface area (TPSA) is 40.5 Å². The van der Waals surface area contributed by atoms with Gasteiger partial charge in [-0.15, -0.1) is 0 Å². The van der Waals surface area contributed by atoms with Gasteiger partial charge in [0.2, 0.25) is 0 Å². The minimum Gasteiger partial charge on any atom is -0.508 e. The van der Waals surface area contributed by atoms with Gasteiger partial charge in [0.05, 0.1) is 5.41 Å². The van der Waals surface area contributed by atoms with Crippen molar-refractivity contribution in [3.63, 3.8) is 0 Å². The molecule has 136 valence electrons. The largest absolute Gasteiger partial charge is 0.508 e. The summed E-state index contributed by atoms with van der Waals surface area (Å²) in [6.45, 7) is 0. The lowest BCUT2D eigenvalue weighted by molar-refractivity contribution is 0.475. The van der Waals surface area contributed by atoms with Crippen LogP contribution in [0.25, 0.3) is 11.1 Å². The van der Waals surface area contributed by atoms with E-state index in [0.717, 1.165) is 11.1 Å². The average molecular weight is 476 g/mol. The first-order valence-electron chi connectivity index (χ1n) is 9.09. The van der Waals surface area contributed by atoms with E-state index in [-0.39, 0.29) is 11.5 Å². The molecule has 2 nitrogen and oxygen atoms in total. The van der Waals surface area contributed by atoms with Crippen LogP contribution in [0.3, 0.4) is 0 Å². The molecule has 0 saturated carbocycles. The maximum Gasteiger partial charge on any atom is 0.115 e. The molecule has 0 fully saturated rings. The highest BCUT2D eigenvalue weighted by molar-refractivity contribution is 14.1. The summed E-state index contributed by atoms with van der Waals surface area (Å²) in [6.07, 6.45) is 0. The first-order valence-corrected chi connectivity index (χ1v) is 10.2. The van der Waals surface area contributed by atoms with Crippen LogP contribution in [0.4, 0.5) is 0 Å². The van der Waals surface area contributed by atoms with E-state index < -0.39 is 5.41 Å². The fraction of sp³-hybridized carbons (Fsp3) is 0.0400. The molecule has 28 heavy (non-hydrogen) atoms. The second-order valence-electron chi connectivity index (χ2n) is 7.08. The molecule has 0 atom stereocenters. The Hall–Kier alpha value is -2.79. The predicted molar refractivity (Wildman–Crippen MR) is 120 cm³/mol. The van der Waals surface area contributed by atoms with Crippen LogP contribution in [-0.2, 0) is 5.41 Å². The summed E-state index contributed by atoms with van der Waals surface area (Å²) in [4.78, 5) is 0. The molecule has 2 N–H and O–H groups in total. The monoisotopic (exact) mass is 476 g/mol. The number of fused-ring (bicyclic) bond motifs is 3. The number of benzene rings is 4. The number of aromatic hydroxyl groups is 2. The van der Waals surface area contributed by atoms with Crippen molar-refractivity contribution in [3.8, 4) is 22.6 Å². The Bertz CT molecular complexity index is 1130. The number of hydrogen-bond acceptors (Lipinski definition) is 2. The van der Waals surface area contributed by atoms with Crippen LogP contribution in [0.1, 0.15) is 22.3 Å². The molecular weight excluding hydrogens is 459 g/mol. The molecule has 0 unspecified atom stereocenters. The molecular formula is C25H17IO2. The van der Waals surface area contributed by atoms with Gasteiger partial charge in [-0.2, -0.15) is 0 Å². The number of halogens is 1. The first-order chi connectivity index (χ1) is 13.6. The third-order valence-corrected chi connectivity index (χ3v) is 6.28. The van der Waals surface area contributed by atoms with Gasteiger partial charge in [-0.3, -0.25) is 0 Å². The number of phenols is 2. The van der Waals surface area contributed by atoms with Gasteiger partial charge < -0.3 is 10.2 Å². The van der Waals surface area contributed by atoms with Crippen LogP contribution >= 0.6 is 22.6 Å². The van der Waals surface area contributed by atoms with Gasteiger partial charge in [-0.05, 0) is 92.4 Å². The zero-order valence-electron chi connectivity index (χ0n) is 14.9. The van der Waals surface area contributed by atoms with Crippen molar-refractivity contribution in [1.82, 2.24) is 0 Å². The molecule has 3 heteroatoms. The Morgan fingerprint density at radius 1 is 0.571 bits per heavy atom. The fourth-order valence-corrected chi connectivity index (χ4v) is 4.96. The highest BCUT2D eigenvalue weighted by Gasteiger charge is 2.45. The molecule has 1 aliphatic rings. The highest BCUT2D eigenvalue weighted by Crippen LogP contribution is 2.56. The summed E-state index contributed by atoms with van der Waals surface area (Å²) >= 11 is 2.36. The lowest BCUT2D eigenvalue weighted by Gasteiger charge is -2.33. The molecule has 0 amide bonds. The summed E-state index contributed by atoms with van der Waals surface area (Å²) in [5.74, 6) is 0.498. The van der Waals surface area contributed by atoms with Crippen molar-refractivity contribution >= 4 is 22.6 Å². The highest BCUT2D eigenvalue weighted by atomic mass is 127. The number of hydrogen-bond donors (Lipinski definition) is 2. The minimum atomic E-state index is -0.502. The maximum atomic E-state index is 9.88.